The van der Waals surface area contributed by atoms with Crippen LogP contribution in [-0.2, 0) is 17.6 Å². The number of hydrogen-bond acceptors (Lipinski definition) is 8. The number of hydrogen-bond donors (Lipinski definition) is 1. The van der Waals surface area contributed by atoms with Gasteiger partial charge in [-0.3, -0.25) is 4.79 Å². The molecule has 2 aliphatic rings. The normalized spacial score (nSPS) is 16.2. The van der Waals surface area contributed by atoms with Crippen molar-refractivity contribution in [2.45, 2.75) is 25.4 Å². The Morgan fingerprint density at radius 3 is 2.71 bits per heavy atom. The minimum absolute atomic E-state index is 0.113. The van der Waals surface area contributed by atoms with Gasteiger partial charge in [0.25, 0.3) is 0 Å². The van der Waals surface area contributed by atoms with Crippen LogP contribution in [0.4, 0.5) is 0 Å². The minimum Gasteiger partial charge on any atom is -0.486 e. The molecule has 2 aliphatic heterocycles. The lowest BCUT2D eigenvalue weighted by atomic mass is 10.1. The Morgan fingerprint density at radius 1 is 0.968 bits per heavy atom. The number of fused-ring (bicyclic) bond motifs is 2. The van der Waals surface area contributed by atoms with Crippen LogP contribution in [0.1, 0.15) is 23.8 Å². The number of nitrogens with one attached hydrogen (secondary N) is 1. The van der Waals surface area contributed by atoms with Gasteiger partial charge in [0, 0.05) is 12.8 Å². The standard InChI is InChI=1S/C22H21N3O6/c26-20(23-11-15-12-27-16-3-1-2-4-18(16)30-15)7-8-21-24-25-22(31-21)10-14-5-6-17-19(9-14)29-13-28-17/h1-6,9,15H,7-8,10-13H2,(H,23,26). The first-order valence-electron chi connectivity index (χ1n) is 10.1. The first kappa shape index (κ1) is 19.2. The van der Waals surface area contributed by atoms with Crippen LogP contribution in [0, 0.1) is 0 Å². The zero-order chi connectivity index (χ0) is 21.0. The molecule has 1 N–H and O–H groups in total. The molecular formula is C22H21N3O6. The van der Waals surface area contributed by atoms with Crippen molar-refractivity contribution in [1.29, 1.82) is 0 Å². The van der Waals surface area contributed by atoms with Crippen LogP contribution in [0.15, 0.2) is 46.9 Å². The molecule has 1 amide bonds. The van der Waals surface area contributed by atoms with Gasteiger partial charge in [0.05, 0.1) is 13.0 Å². The summed E-state index contributed by atoms with van der Waals surface area (Å²) in [5.74, 6) is 3.66. The highest BCUT2D eigenvalue weighted by atomic mass is 16.7. The van der Waals surface area contributed by atoms with Crippen LogP contribution in [0.3, 0.4) is 0 Å². The third-order valence-corrected chi connectivity index (χ3v) is 4.96. The number of benzene rings is 2. The monoisotopic (exact) mass is 423 g/mol. The number of amides is 1. The molecule has 2 aromatic carbocycles. The van der Waals surface area contributed by atoms with E-state index in [1.165, 1.54) is 0 Å². The van der Waals surface area contributed by atoms with Crippen molar-refractivity contribution < 1.29 is 28.2 Å². The Kier molecular flexibility index (Phi) is 5.30. The zero-order valence-electron chi connectivity index (χ0n) is 16.7. The third kappa shape index (κ3) is 4.55. The van der Waals surface area contributed by atoms with E-state index in [-0.39, 0.29) is 25.2 Å². The fraction of sp³-hybridized carbons (Fsp3) is 0.318. The summed E-state index contributed by atoms with van der Waals surface area (Å²) in [6, 6.07) is 13.2. The summed E-state index contributed by atoms with van der Waals surface area (Å²) in [5, 5.41) is 11.0. The molecule has 1 unspecified atom stereocenters. The van der Waals surface area contributed by atoms with E-state index < -0.39 is 0 Å². The SMILES string of the molecule is O=C(CCc1nnc(Cc2ccc3c(c2)OCO3)o1)NCC1COc2ccccc2O1. The van der Waals surface area contributed by atoms with Crippen LogP contribution in [0.2, 0.25) is 0 Å². The lowest BCUT2D eigenvalue weighted by Crippen LogP contribution is -2.40. The van der Waals surface area contributed by atoms with E-state index in [0.717, 1.165) is 17.1 Å². The second-order valence-corrected chi connectivity index (χ2v) is 7.26. The Balaban J connectivity index is 1.07. The molecular weight excluding hydrogens is 402 g/mol. The van der Waals surface area contributed by atoms with Crippen LogP contribution in [0.5, 0.6) is 23.0 Å². The van der Waals surface area contributed by atoms with E-state index in [9.17, 15) is 4.79 Å². The molecule has 9 heteroatoms. The maximum atomic E-state index is 12.2. The number of rotatable bonds is 7. The molecule has 0 bridgehead atoms. The quantitative estimate of drug-likeness (QED) is 0.617. The molecule has 0 radical (unpaired) electrons. The number of para-hydroxylation sites is 2. The van der Waals surface area contributed by atoms with Gasteiger partial charge in [-0.15, -0.1) is 10.2 Å². The number of carbonyl (C=O) groups is 1. The van der Waals surface area contributed by atoms with Crippen LogP contribution < -0.4 is 24.3 Å². The highest BCUT2D eigenvalue weighted by molar-refractivity contribution is 5.76. The Morgan fingerprint density at radius 2 is 1.77 bits per heavy atom. The van der Waals surface area contributed by atoms with Gasteiger partial charge in [0.2, 0.25) is 24.5 Å². The molecule has 0 fully saturated rings. The molecule has 9 nitrogen and oxygen atoms in total. The molecule has 5 rings (SSSR count). The molecule has 3 heterocycles. The van der Waals surface area contributed by atoms with Crippen molar-refractivity contribution in [3.05, 3.63) is 59.8 Å². The zero-order valence-corrected chi connectivity index (χ0v) is 16.7. The second kappa shape index (κ2) is 8.55. The smallest absolute Gasteiger partial charge is 0.231 e. The number of ether oxygens (including phenoxy) is 4. The first-order chi connectivity index (χ1) is 15.2. The van der Waals surface area contributed by atoms with E-state index >= 15 is 0 Å². The van der Waals surface area contributed by atoms with Crippen molar-refractivity contribution in [2.24, 2.45) is 0 Å². The highest BCUT2D eigenvalue weighted by Crippen LogP contribution is 2.33. The van der Waals surface area contributed by atoms with Crippen molar-refractivity contribution >= 4 is 5.91 Å². The first-order valence-corrected chi connectivity index (χ1v) is 10.1. The molecule has 0 aliphatic carbocycles. The van der Waals surface area contributed by atoms with Gasteiger partial charge in [0.15, 0.2) is 23.0 Å². The highest BCUT2D eigenvalue weighted by Gasteiger charge is 2.21. The van der Waals surface area contributed by atoms with Gasteiger partial charge in [-0.2, -0.15) is 0 Å². The average molecular weight is 423 g/mol. The fourth-order valence-corrected chi connectivity index (χ4v) is 3.39. The van der Waals surface area contributed by atoms with Gasteiger partial charge in [-0.05, 0) is 29.8 Å². The van der Waals surface area contributed by atoms with Gasteiger partial charge < -0.3 is 28.7 Å². The van der Waals surface area contributed by atoms with Crippen LogP contribution in [0.25, 0.3) is 0 Å². The van der Waals surface area contributed by atoms with Gasteiger partial charge in [0.1, 0.15) is 12.7 Å². The van der Waals surface area contributed by atoms with E-state index in [2.05, 4.69) is 15.5 Å². The molecule has 31 heavy (non-hydrogen) atoms. The maximum absolute atomic E-state index is 12.2. The molecule has 1 atom stereocenters. The fourth-order valence-electron chi connectivity index (χ4n) is 3.39. The minimum atomic E-state index is -0.226. The van der Waals surface area contributed by atoms with Crippen molar-refractivity contribution in [2.75, 3.05) is 19.9 Å². The largest absolute Gasteiger partial charge is 0.486 e. The molecule has 0 saturated heterocycles. The van der Waals surface area contributed by atoms with Crippen molar-refractivity contribution in [3.8, 4) is 23.0 Å². The lowest BCUT2D eigenvalue weighted by molar-refractivity contribution is -0.121. The Bertz CT molecular complexity index is 1080. The second-order valence-electron chi connectivity index (χ2n) is 7.26. The Hall–Kier alpha value is -3.75. The molecule has 1 aromatic heterocycles. The number of nitrogens with zero attached hydrogens (tertiary/aromatic N) is 2. The predicted octanol–water partition coefficient (Wildman–Crippen LogP) is 2.28. The van der Waals surface area contributed by atoms with Gasteiger partial charge in [-0.1, -0.05) is 18.2 Å². The molecule has 160 valence electrons. The van der Waals surface area contributed by atoms with E-state index in [0.29, 0.717) is 49.3 Å². The molecule has 0 saturated carbocycles. The summed E-state index contributed by atoms with van der Waals surface area (Å²) in [6.45, 7) is 0.995. The summed E-state index contributed by atoms with van der Waals surface area (Å²) >= 11 is 0. The van der Waals surface area contributed by atoms with E-state index in [4.69, 9.17) is 23.4 Å². The van der Waals surface area contributed by atoms with Gasteiger partial charge in [-0.25, -0.2) is 0 Å². The maximum Gasteiger partial charge on any atom is 0.231 e. The van der Waals surface area contributed by atoms with Gasteiger partial charge >= 0.3 is 0 Å². The summed E-state index contributed by atoms with van der Waals surface area (Å²) in [5.41, 5.74) is 0.980. The predicted molar refractivity (Wildman–Crippen MR) is 107 cm³/mol. The van der Waals surface area contributed by atoms with E-state index in [1.54, 1.807) is 0 Å². The summed E-state index contributed by atoms with van der Waals surface area (Å²) in [7, 11) is 0. The van der Waals surface area contributed by atoms with Crippen LogP contribution in [-0.4, -0.2) is 42.2 Å². The summed E-state index contributed by atoms with van der Waals surface area (Å²) in [4.78, 5) is 12.2. The topological polar surface area (TPSA) is 105 Å². The Labute approximate surface area is 178 Å². The third-order valence-electron chi connectivity index (χ3n) is 4.96. The summed E-state index contributed by atoms with van der Waals surface area (Å²) < 4.78 is 27.8. The number of aryl methyl sites for hydroxylation is 1. The summed E-state index contributed by atoms with van der Waals surface area (Å²) in [6.07, 6.45) is 0.868. The van der Waals surface area contributed by atoms with Crippen molar-refractivity contribution in [1.82, 2.24) is 15.5 Å². The van der Waals surface area contributed by atoms with Crippen molar-refractivity contribution in [3.63, 3.8) is 0 Å². The van der Waals surface area contributed by atoms with E-state index in [1.807, 2.05) is 42.5 Å². The molecule has 3 aromatic rings. The lowest BCUT2D eigenvalue weighted by Gasteiger charge is -2.26. The average Bonchev–Trinajstić information content (AvgIpc) is 3.45. The number of carbonyl (C=O) groups excluding carboxylic acids is 1. The van der Waals surface area contributed by atoms with Crippen LogP contribution >= 0.6 is 0 Å². The number of aromatic nitrogens is 2. The molecule has 0 spiro atoms.